The SMILES string of the molecule is C[C@@]1(c2ccc3c(c2)OCO3)NC(=O)N(Cc2coc(-c3cccs3)n2)C1=O. The molecule has 8 nitrogen and oxygen atoms in total. The van der Waals surface area contributed by atoms with Crippen LogP contribution in [0.3, 0.4) is 0 Å². The quantitative estimate of drug-likeness (QED) is 0.680. The molecule has 3 aromatic rings. The zero-order chi connectivity index (χ0) is 19.3. The van der Waals surface area contributed by atoms with Crippen molar-refractivity contribution in [3.8, 4) is 22.3 Å². The molecular weight excluding hydrogens is 382 g/mol. The molecule has 1 aromatic carbocycles. The highest BCUT2D eigenvalue weighted by Gasteiger charge is 2.49. The van der Waals surface area contributed by atoms with Gasteiger partial charge in [-0.05, 0) is 36.1 Å². The minimum Gasteiger partial charge on any atom is -0.454 e. The summed E-state index contributed by atoms with van der Waals surface area (Å²) in [5.74, 6) is 1.27. The summed E-state index contributed by atoms with van der Waals surface area (Å²) in [6.45, 7) is 1.84. The van der Waals surface area contributed by atoms with Gasteiger partial charge in [0, 0.05) is 0 Å². The number of aromatic nitrogens is 1. The van der Waals surface area contributed by atoms with Crippen LogP contribution in [0.2, 0.25) is 0 Å². The molecule has 0 saturated carbocycles. The van der Waals surface area contributed by atoms with Crippen LogP contribution in [0.25, 0.3) is 10.8 Å². The number of hydrogen-bond acceptors (Lipinski definition) is 7. The minimum absolute atomic E-state index is 0.0275. The second-order valence-corrected chi connectivity index (χ2v) is 7.58. The molecule has 5 rings (SSSR count). The summed E-state index contributed by atoms with van der Waals surface area (Å²) < 4.78 is 16.2. The van der Waals surface area contributed by atoms with E-state index in [0.29, 0.717) is 28.6 Å². The second kappa shape index (κ2) is 6.10. The van der Waals surface area contributed by atoms with Gasteiger partial charge in [0.05, 0.1) is 17.1 Å². The molecule has 1 saturated heterocycles. The lowest BCUT2D eigenvalue weighted by atomic mass is 9.91. The van der Waals surface area contributed by atoms with Crippen LogP contribution in [0.5, 0.6) is 11.5 Å². The van der Waals surface area contributed by atoms with Crippen molar-refractivity contribution >= 4 is 23.3 Å². The number of thiophene rings is 1. The van der Waals surface area contributed by atoms with E-state index in [1.54, 1.807) is 25.1 Å². The van der Waals surface area contributed by atoms with E-state index in [9.17, 15) is 9.59 Å². The smallest absolute Gasteiger partial charge is 0.325 e. The molecule has 0 bridgehead atoms. The van der Waals surface area contributed by atoms with Crippen molar-refractivity contribution in [3.05, 3.63) is 53.2 Å². The normalized spacial score (nSPS) is 20.7. The second-order valence-electron chi connectivity index (χ2n) is 6.64. The summed E-state index contributed by atoms with van der Waals surface area (Å²) in [6, 6.07) is 8.51. The van der Waals surface area contributed by atoms with E-state index in [-0.39, 0.29) is 19.2 Å². The molecule has 142 valence electrons. The van der Waals surface area contributed by atoms with E-state index in [1.165, 1.54) is 17.6 Å². The van der Waals surface area contributed by atoms with Crippen LogP contribution in [0.4, 0.5) is 4.79 Å². The molecule has 4 heterocycles. The summed E-state index contributed by atoms with van der Waals surface area (Å²) in [4.78, 5) is 32.0. The van der Waals surface area contributed by atoms with Gasteiger partial charge in [-0.25, -0.2) is 9.78 Å². The number of rotatable bonds is 4. The highest BCUT2D eigenvalue weighted by atomic mass is 32.1. The number of benzene rings is 1. The number of carbonyl (C=O) groups is 2. The van der Waals surface area contributed by atoms with Crippen LogP contribution in [-0.2, 0) is 16.9 Å². The largest absolute Gasteiger partial charge is 0.454 e. The van der Waals surface area contributed by atoms with Gasteiger partial charge < -0.3 is 19.2 Å². The number of fused-ring (bicyclic) bond motifs is 1. The van der Waals surface area contributed by atoms with Gasteiger partial charge in [0.1, 0.15) is 11.8 Å². The Kier molecular flexibility index (Phi) is 3.66. The van der Waals surface area contributed by atoms with E-state index in [0.717, 1.165) is 9.78 Å². The van der Waals surface area contributed by atoms with Crippen molar-refractivity contribution in [2.45, 2.75) is 19.0 Å². The van der Waals surface area contributed by atoms with E-state index in [4.69, 9.17) is 13.9 Å². The topological polar surface area (TPSA) is 93.9 Å². The Bertz CT molecular complexity index is 1080. The first-order valence-electron chi connectivity index (χ1n) is 8.57. The molecule has 28 heavy (non-hydrogen) atoms. The van der Waals surface area contributed by atoms with Crippen molar-refractivity contribution in [2.24, 2.45) is 0 Å². The Morgan fingerprint density at radius 3 is 2.93 bits per heavy atom. The zero-order valence-electron chi connectivity index (χ0n) is 14.8. The van der Waals surface area contributed by atoms with Crippen molar-refractivity contribution < 1.29 is 23.5 Å². The van der Waals surface area contributed by atoms with E-state index >= 15 is 0 Å². The highest BCUT2D eigenvalue weighted by Crippen LogP contribution is 2.38. The van der Waals surface area contributed by atoms with E-state index < -0.39 is 11.6 Å². The third kappa shape index (κ3) is 2.55. The monoisotopic (exact) mass is 397 g/mol. The van der Waals surface area contributed by atoms with Crippen molar-refractivity contribution in [2.75, 3.05) is 6.79 Å². The van der Waals surface area contributed by atoms with Gasteiger partial charge in [-0.1, -0.05) is 12.1 Å². The maximum atomic E-state index is 13.1. The fourth-order valence-corrected chi connectivity index (χ4v) is 3.95. The molecule has 0 aliphatic carbocycles. The lowest BCUT2D eigenvalue weighted by Gasteiger charge is -2.22. The first-order chi connectivity index (χ1) is 13.5. The molecule has 2 aromatic heterocycles. The number of hydrogen-bond donors (Lipinski definition) is 1. The molecule has 2 aliphatic rings. The Morgan fingerprint density at radius 2 is 2.11 bits per heavy atom. The predicted octanol–water partition coefficient (Wildman–Crippen LogP) is 3.10. The molecule has 1 fully saturated rings. The molecule has 3 amide bonds. The molecule has 0 unspecified atom stereocenters. The standard InChI is InChI=1S/C19H15N3O5S/c1-19(11-4-5-13-14(7-11)27-10-26-13)17(23)22(18(24)21-19)8-12-9-25-16(20-12)15-3-2-6-28-15/h2-7,9H,8,10H2,1H3,(H,21,24)/t19-/m0/s1. The van der Waals surface area contributed by atoms with Crippen LogP contribution >= 0.6 is 11.3 Å². The molecule has 0 spiro atoms. The number of imide groups is 1. The van der Waals surface area contributed by atoms with Crippen LogP contribution < -0.4 is 14.8 Å². The summed E-state index contributed by atoms with van der Waals surface area (Å²) in [5.41, 5.74) is -0.0721. The fraction of sp³-hybridized carbons (Fsp3) is 0.211. The number of ether oxygens (including phenoxy) is 2. The molecule has 1 N–H and O–H groups in total. The van der Waals surface area contributed by atoms with Crippen molar-refractivity contribution in [1.29, 1.82) is 0 Å². The van der Waals surface area contributed by atoms with Gasteiger partial charge in [0.25, 0.3) is 5.91 Å². The minimum atomic E-state index is -1.20. The van der Waals surface area contributed by atoms with E-state index in [1.807, 2.05) is 17.5 Å². The Labute approximate surface area is 163 Å². The van der Waals surface area contributed by atoms with Crippen LogP contribution in [0.15, 0.2) is 46.4 Å². The Morgan fingerprint density at radius 1 is 1.25 bits per heavy atom. The Balaban J connectivity index is 1.40. The van der Waals surface area contributed by atoms with Gasteiger partial charge in [-0.2, -0.15) is 0 Å². The van der Waals surface area contributed by atoms with Gasteiger partial charge in [0.2, 0.25) is 12.7 Å². The lowest BCUT2D eigenvalue weighted by Crippen LogP contribution is -2.40. The van der Waals surface area contributed by atoms with E-state index in [2.05, 4.69) is 10.3 Å². The predicted molar refractivity (Wildman–Crippen MR) is 98.8 cm³/mol. The number of carbonyl (C=O) groups excluding carboxylic acids is 2. The first kappa shape index (κ1) is 16.8. The highest BCUT2D eigenvalue weighted by molar-refractivity contribution is 7.13. The third-order valence-electron chi connectivity index (χ3n) is 4.83. The number of urea groups is 1. The molecule has 0 radical (unpaired) electrons. The summed E-state index contributed by atoms with van der Waals surface area (Å²) in [5, 5.41) is 4.70. The maximum absolute atomic E-state index is 13.1. The molecule has 9 heteroatoms. The third-order valence-corrected chi connectivity index (χ3v) is 5.69. The number of oxazole rings is 1. The first-order valence-corrected chi connectivity index (χ1v) is 9.45. The molecule has 2 aliphatic heterocycles. The van der Waals surface area contributed by atoms with Crippen molar-refractivity contribution in [3.63, 3.8) is 0 Å². The van der Waals surface area contributed by atoms with Gasteiger partial charge in [-0.15, -0.1) is 11.3 Å². The summed E-state index contributed by atoms with van der Waals surface area (Å²) in [7, 11) is 0. The number of amides is 3. The van der Waals surface area contributed by atoms with Crippen molar-refractivity contribution in [1.82, 2.24) is 15.2 Å². The summed E-state index contributed by atoms with van der Waals surface area (Å²) in [6.07, 6.45) is 1.46. The lowest BCUT2D eigenvalue weighted by molar-refractivity contribution is -0.131. The number of nitrogens with zero attached hydrogens (tertiary/aromatic N) is 2. The fourth-order valence-electron chi connectivity index (χ4n) is 3.30. The Hall–Kier alpha value is -3.33. The average Bonchev–Trinajstić information content (AvgIpc) is 3.47. The maximum Gasteiger partial charge on any atom is 0.325 e. The van der Waals surface area contributed by atoms with Gasteiger partial charge >= 0.3 is 6.03 Å². The zero-order valence-corrected chi connectivity index (χ0v) is 15.6. The van der Waals surface area contributed by atoms with Gasteiger partial charge in [-0.3, -0.25) is 9.69 Å². The van der Waals surface area contributed by atoms with Crippen LogP contribution in [0, 0.1) is 0 Å². The van der Waals surface area contributed by atoms with Crippen LogP contribution in [0.1, 0.15) is 18.2 Å². The van der Waals surface area contributed by atoms with Gasteiger partial charge in [0.15, 0.2) is 11.5 Å². The average molecular weight is 397 g/mol. The molecule has 1 atom stereocenters. The number of nitrogens with one attached hydrogen (secondary N) is 1. The van der Waals surface area contributed by atoms with Crippen LogP contribution in [-0.4, -0.2) is 28.6 Å². The summed E-state index contributed by atoms with van der Waals surface area (Å²) >= 11 is 1.50. The molecular formula is C19H15N3O5S.